The Morgan fingerprint density at radius 1 is 1.06 bits per heavy atom. The molecule has 0 bridgehead atoms. The Morgan fingerprint density at radius 3 is 2.59 bits per heavy atom. The van der Waals surface area contributed by atoms with Gasteiger partial charge in [0.1, 0.15) is 0 Å². The first-order valence-electron chi connectivity index (χ1n) is 6.21. The third kappa shape index (κ3) is 2.19. The second kappa shape index (κ2) is 4.25. The summed E-state index contributed by atoms with van der Waals surface area (Å²) < 4.78 is 0. The summed E-state index contributed by atoms with van der Waals surface area (Å²) in [5.74, 6) is 0. The molecule has 0 saturated carbocycles. The average Bonchev–Trinajstić information content (AvgIpc) is 2.74. The molecule has 0 saturated heterocycles. The summed E-state index contributed by atoms with van der Waals surface area (Å²) in [5.41, 5.74) is 5.51. The topological polar surface area (TPSA) is 12.0 Å². The quantitative estimate of drug-likeness (QED) is 0.820. The van der Waals surface area contributed by atoms with Crippen LogP contribution in [0.15, 0.2) is 48.5 Å². The second-order valence-corrected chi connectivity index (χ2v) is 4.89. The second-order valence-electron chi connectivity index (χ2n) is 4.89. The summed E-state index contributed by atoms with van der Waals surface area (Å²) in [6.45, 7) is 2.13. The van der Waals surface area contributed by atoms with Gasteiger partial charge in [-0.3, -0.25) is 0 Å². The van der Waals surface area contributed by atoms with Crippen molar-refractivity contribution in [3.63, 3.8) is 0 Å². The number of para-hydroxylation sites is 1. The highest BCUT2D eigenvalue weighted by Crippen LogP contribution is 2.26. The molecule has 0 unspecified atom stereocenters. The molecule has 1 atom stereocenters. The van der Waals surface area contributed by atoms with Crippen LogP contribution in [-0.2, 0) is 12.8 Å². The minimum absolute atomic E-state index is 0.551. The van der Waals surface area contributed by atoms with Gasteiger partial charge in [-0.05, 0) is 37.0 Å². The van der Waals surface area contributed by atoms with E-state index in [0.717, 1.165) is 12.8 Å². The van der Waals surface area contributed by atoms with Gasteiger partial charge in [-0.2, -0.15) is 0 Å². The molecule has 0 aliphatic carbocycles. The Bertz CT molecular complexity index is 488. The van der Waals surface area contributed by atoms with Gasteiger partial charge in [0.15, 0.2) is 0 Å². The molecule has 3 rings (SSSR count). The minimum atomic E-state index is 0.551. The van der Waals surface area contributed by atoms with E-state index < -0.39 is 0 Å². The van der Waals surface area contributed by atoms with Gasteiger partial charge in [0.25, 0.3) is 0 Å². The third-order valence-corrected chi connectivity index (χ3v) is 3.45. The van der Waals surface area contributed by atoms with E-state index in [1.165, 1.54) is 22.4 Å². The normalized spacial score (nSPS) is 17.6. The van der Waals surface area contributed by atoms with Gasteiger partial charge >= 0.3 is 0 Å². The van der Waals surface area contributed by atoms with Crippen molar-refractivity contribution >= 4 is 5.69 Å². The lowest BCUT2D eigenvalue weighted by Crippen LogP contribution is -2.18. The first kappa shape index (κ1) is 10.4. The summed E-state index contributed by atoms with van der Waals surface area (Å²) in [4.78, 5) is 0. The number of benzene rings is 2. The summed E-state index contributed by atoms with van der Waals surface area (Å²) in [7, 11) is 0. The van der Waals surface area contributed by atoms with E-state index in [1.54, 1.807) is 0 Å². The molecule has 2 aromatic rings. The van der Waals surface area contributed by atoms with Gasteiger partial charge < -0.3 is 5.32 Å². The maximum Gasteiger partial charge on any atom is 0.0375 e. The number of rotatable bonds is 2. The predicted octanol–water partition coefficient (Wildman–Crippen LogP) is 3.57. The molecule has 1 aliphatic rings. The number of fused-ring (bicyclic) bond motifs is 1. The SMILES string of the molecule is Cc1ccc(C[C@@H]2Cc3ccccc3N2)cc1. The maximum atomic E-state index is 3.60. The zero-order valence-electron chi connectivity index (χ0n) is 10.1. The number of hydrogen-bond acceptors (Lipinski definition) is 1. The van der Waals surface area contributed by atoms with Crippen molar-refractivity contribution in [3.05, 3.63) is 65.2 Å². The largest absolute Gasteiger partial charge is 0.381 e. The van der Waals surface area contributed by atoms with Crippen LogP contribution in [0.5, 0.6) is 0 Å². The van der Waals surface area contributed by atoms with E-state index in [9.17, 15) is 0 Å². The van der Waals surface area contributed by atoms with Gasteiger partial charge in [0, 0.05) is 11.7 Å². The van der Waals surface area contributed by atoms with Crippen LogP contribution < -0.4 is 5.32 Å². The van der Waals surface area contributed by atoms with Crippen molar-refractivity contribution in [2.75, 3.05) is 5.32 Å². The fourth-order valence-corrected chi connectivity index (χ4v) is 2.51. The molecule has 0 aromatic heterocycles. The van der Waals surface area contributed by atoms with Crippen LogP contribution in [0.2, 0.25) is 0 Å². The molecule has 86 valence electrons. The maximum absolute atomic E-state index is 3.60. The third-order valence-electron chi connectivity index (χ3n) is 3.45. The van der Waals surface area contributed by atoms with Gasteiger partial charge in [-0.15, -0.1) is 0 Å². The van der Waals surface area contributed by atoms with Crippen molar-refractivity contribution in [2.45, 2.75) is 25.8 Å². The molecule has 1 N–H and O–H groups in total. The highest BCUT2D eigenvalue weighted by molar-refractivity contribution is 5.56. The van der Waals surface area contributed by atoms with Crippen LogP contribution in [0.25, 0.3) is 0 Å². The lowest BCUT2D eigenvalue weighted by Gasteiger charge is -2.11. The van der Waals surface area contributed by atoms with E-state index in [1.807, 2.05) is 0 Å². The minimum Gasteiger partial charge on any atom is -0.381 e. The molecule has 1 heteroatoms. The van der Waals surface area contributed by atoms with Gasteiger partial charge in [0.2, 0.25) is 0 Å². The highest BCUT2D eigenvalue weighted by Gasteiger charge is 2.19. The lowest BCUT2D eigenvalue weighted by atomic mass is 10.0. The van der Waals surface area contributed by atoms with E-state index in [2.05, 4.69) is 60.8 Å². The summed E-state index contributed by atoms with van der Waals surface area (Å²) in [5, 5.41) is 3.60. The van der Waals surface area contributed by atoms with Crippen LogP contribution in [0.1, 0.15) is 16.7 Å². The first-order valence-corrected chi connectivity index (χ1v) is 6.21. The number of aryl methyl sites for hydroxylation is 1. The van der Waals surface area contributed by atoms with E-state index in [-0.39, 0.29) is 0 Å². The fraction of sp³-hybridized carbons (Fsp3) is 0.250. The first-order chi connectivity index (χ1) is 8.31. The molecule has 0 radical (unpaired) electrons. The average molecular weight is 223 g/mol. The molecule has 0 spiro atoms. The monoisotopic (exact) mass is 223 g/mol. The molecule has 1 nitrogen and oxygen atoms in total. The van der Waals surface area contributed by atoms with Crippen LogP contribution in [0, 0.1) is 6.92 Å². The lowest BCUT2D eigenvalue weighted by molar-refractivity contribution is 0.746. The van der Waals surface area contributed by atoms with Crippen molar-refractivity contribution in [1.82, 2.24) is 0 Å². The zero-order chi connectivity index (χ0) is 11.7. The zero-order valence-corrected chi connectivity index (χ0v) is 10.1. The number of nitrogens with one attached hydrogen (secondary N) is 1. The Hall–Kier alpha value is -1.76. The smallest absolute Gasteiger partial charge is 0.0375 e. The fourth-order valence-electron chi connectivity index (χ4n) is 2.51. The summed E-state index contributed by atoms with van der Waals surface area (Å²) >= 11 is 0. The van der Waals surface area contributed by atoms with Gasteiger partial charge in [-0.1, -0.05) is 48.0 Å². The Morgan fingerprint density at radius 2 is 1.82 bits per heavy atom. The van der Waals surface area contributed by atoms with Crippen LogP contribution in [0.4, 0.5) is 5.69 Å². The molecule has 0 amide bonds. The van der Waals surface area contributed by atoms with Crippen LogP contribution >= 0.6 is 0 Å². The Labute approximate surface area is 102 Å². The highest BCUT2D eigenvalue weighted by atomic mass is 14.9. The molecule has 1 aliphatic heterocycles. The molecule has 17 heavy (non-hydrogen) atoms. The number of anilines is 1. The summed E-state index contributed by atoms with van der Waals surface area (Å²) in [6.07, 6.45) is 2.25. The molecule has 2 aromatic carbocycles. The Balaban J connectivity index is 1.71. The molecule has 1 heterocycles. The molecular formula is C16H17N. The van der Waals surface area contributed by atoms with E-state index in [0.29, 0.717) is 6.04 Å². The summed E-state index contributed by atoms with van der Waals surface area (Å²) in [6, 6.07) is 18.0. The predicted molar refractivity (Wildman–Crippen MR) is 72.4 cm³/mol. The van der Waals surface area contributed by atoms with E-state index >= 15 is 0 Å². The van der Waals surface area contributed by atoms with Crippen LogP contribution in [-0.4, -0.2) is 6.04 Å². The number of hydrogen-bond donors (Lipinski definition) is 1. The van der Waals surface area contributed by atoms with Gasteiger partial charge in [0.05, 0.1) is 0 Å². The Kier molecular flexibility index (Phi) is 2.60. The van der Waals surface area contributed by atoms with Crippen molar-refractivity contribution in [1.29, 1.82) is 0 Å². The van der Waals surface area contributed by atoms with Crippen molar-refractivity contribution < 1.29 is 0 Å². The van der Waals surface area contributed by atoms with Crippen molar-refractivity contribution in [2.24, 2.45) is 0 Å². The van der Waals surface area contributed by atoms with E-state index in [4.69, 9.17) is 0 Å². The molecular weight excluding hydrogens is 206 g/mol. The molecule has 0 fully saturated rings. The van der Waals surface area contributed by atoms with Crippen LogP contribution in [0.3, 0.4) is 0 Å². The standard InChI is InChI=1S/C16H17N/c1-12-6-8-13(9-7-12)10-15-11-14-4-2-3-5-16(14)17-15/h2-9,15,17H,10-11H2,1H3/t15-/m1/s1. The van der Waals surface area contributed by atoms with Crippen molar-refractivity contribution in [3.8, 4) is 0 Å². The van der Waals surface area contributed by atoms with Gasteiger partial charge in [-0.25, -0.2) is 0 Å².